The van der Waals surface area contributed by atoms with Crippen LogP contribution in [0.2, 0.25) is 0 Å². The number of aliphatic imine (C=N–C) groups is 1. The summed E-state index contributed by atoms with van der Waals surface area (Å²) in [7, 11) is 0. The van der Waals surface area contributed by atoms with Gasteiger partial charge in [0.25, 0.3) is 0 Å². The van der Waals surface area contributed by atoms with Crippen LogP contribution in [0.1, 0.15) is 38.9 Å². The van der Waals surface area contributed by atoms with Gasteiger partial charge in [-0.25, -0.2) is 0 Å². The molecule has 0 bridgehead atoms. The molecule has 0 radical (unpaired) electrons. The Balaban J connectivity index is 0.944. The number of anilines is 3. The van der Waals surface area contributed by atoms with E-state index >= 15 is 0 Å². The van der Waals surface area contributed by atoms with Gasteiger partial charge in [-0.2, -0.15) is 0 Å². The molecule has 0 saturated heterocycles. The van der Waals surface area contributed by atoms with Crippen molar-refractivity contribution in [1.82, 2.24) is 0 Å². The second kappa shape index (κ2) is 17.1. The largest absolute Gasteiger partial charge is 0.310 e. The van der Waals surface area contributed by atoms with Gasteiger partial charge >= 0.3 is 0 Å². The summed E-state index contributed by atoms with van der Waals surface area (Å²) in [5, 5.41) is 9.06. The number of nitrogens with zero attached hydrogens (tertiary/aromatic N) is 2. The van der Waals surface area contributed by atoms with Crippen LogP contribution >= 0.6 is 0 Å². The molecule has 3 nitrogen and oxygen atoms in total. The van der Waals surface area contributed by atoms with Gasteiger partial charge in [0.05, 0.1) is 28.2 Å². The fourth-order valence-electron chi connectivity index (χ4n) is 10.5. The van der Waals surface area contributed by atoms with Crippen molar-refractivity contribution in [3.05, 3.63) is 300 Å². The summed E-state index contributed by atoms with van der Waals surface area (Å²) in [4.78, 5) is 7.47. The van der Waals surface area contributed by atoms with Gasteiger partial charge in [0.1, 0.15) is 0 Å². The van der Waals surface area contributed by atoms with Crippen molar-refractivity contribution in [2.75, 3.05) is 4.90 Å². The summed E-state index contributed by atoms with van der Waals surface area (Å²) in [6.45, 7) is 0. The lowest BCUT2D eigenvalue weighted by molar-refractivity contribution is 0.753. The molecule has 12 rings (SSSR count). The van der Waals surface area contributed by atoms with E-state index in [0.717, 1.165) is 50.2 Å². The van der Waals surface area contributed by atoms with Crippen LogP contribution in [0.3, 0.4) is 0 Å². The zero-order valence-corrected chi connectivity index (χ0v) is 37.3. The number of fused-ring (bicyclic) bond motifs is 9. The Morgan fingerprint density at radius 3 is 1.53 bits per heavy atom. The number of hydrogen-bond acceptors (Lipinski definition) is 3. The number of allylic oxidation sites excluding steroid dienone is 1. The van der Waals surface area contributed by atoms with Gasteiger partial charge in [-0.15, -0.1) is 0 Å². The van der Waals surface area contributed by atoms with Crippen LogP contribution in [0.4, 0.5) is 17.1 Å². The van der Waals surface area contributed by atoms with Gasteiger partial charge in [-0.3, -0.25) is 4.99 Å². The molecule has 0 aromatic heterocycles. The van der Waals surface area contributed by atoms with Crippen LogP contribution in [0.5, 0.6) is 0 Å². The van der Waals surface area contributed by atoms with Crippen molar-refractivity contribution < 1.29 is 0 Å². The quantitative estimate of drug-likeness (QED) is 0.144. The molecule has 1 N–H and O–H groups in total. The predicted octanol–water partition coefficient (Wildman–Crippen LogP) is 16.4. The van der Waals surface area contributed by atoms with Gasteiger partial charge in [-0.1, -0.05) is 224 Å². The maximum Gasteiger partial charge on any atom is 0.0754 e. The average molecular weight is 868 g/mol. The fraction of sp³-hybridized carbons (Fsp3) is 0.0154. The molecule has 1 aliphatic carbocycles. The van der Waals surface area contributed by atoms with Crippen LogP contribution in [-0.4, -0.2) is 11.9 Å². The number of nitrogens with one attached hydrogen (secondary N) is 1. The number of rotatable bonds is 9. The first-order valence-corrected chi connectivity index (χ1v) is 23.2. The van der Waals surface area contributed by atoms with Crippen LogP contribution in [-0.2, 0) is 5.41 Å². The van der Waals surface area contributed by atoms with Crippen LogP contribution in [0, 0.1) is 5.41 Å². The minimum atomic E-state index is -0.544. The summed E-state index contributed by atoms with van der Waals surface area (Å²) in [5.74, 6) is 0. The van der Waals surface area contributed by atoms with E-state index in [2.05, 4.69) is 223 Å². The highest BCUT2D eigenvalue weighted by atomic mass is 15.2. The van der Waals surface area contributed by atoms with E-state index in [1.807, 2.05) is 48.7 Å². The molecular formula is C65H45N3. The van der Waals surface area contributed by atoms with E-state index in [4.69, 9.17) is 10.4 Å². The second-order valence-corrected chi connectivity index (χ2v) is 17.4. The van der Waals surface area contributed by atoms with Crippen molar-refractivity contribution in [1.29, 1.82) is 5.41 Å². The monoisotopic (exact) mass is 867 g/mol. The Kier molecular flexibility index (Phi) is 10.2. The molecule has 10 aromatic carbocycles. The lowest BCUT2D eigenvalue weighted by Crippen LogP contribution is -2.36. The summed E-state index contributed by atoms with van der Waals surface area (Å²) >= 11 is 0. The minimum Gasteiger partial charge on any atom is -0.310 e. The highest BCUT2D eigenvalue weighted by molar-refractivity contribution is 6.11. The van der Waals surface area contributed by atoms with E-state index in [0.29, 0.717) is 11.4 Å². The van der Waals surface area contributed by atoms with Gasteiger partial charge in [0, 0.05) is 17.5 Å². The summed E-state index contributed by atoms with van der Waals surface area (Å²) in [6, 6.07) is 90.9. The van der Waals surface area contributed by atoms with Crippen LogP contribution in [0.15, 0.2) is 266 Å². The van der Waals surface area contributed by atoms with Crippen molar-refractivity contribution in [2.45, 2.75) is 5.41 Å². The Bertz CT molecular complexity index is 3510. The highest BCUT2D eigenvalue weighted by Crippen LogP contribution is 2.63. The molecule has 68 heavy (non-hydrogen) atoms. The smallest absolute Gasteiger partial charge is 0.0754 e. The van der Waals surface area contributed by atoms with Crippen LogP contribution < -0.4 is 4.90 Å². The molecular weight excluding hydrogens is 823 g/mol. The topological polar surface area (TPSA) is 39.5 Å². The van der Waals surface area contributed by atoms with Crippen LogP contribution in [0.25, 0.3) is 50.2 Å². The third-order valence-electron chi connectivity index (χ3n) is 13.6. The fourth-order valence-corrected chi connectivity index (χ4v) is 10.5. The van der Waals surface area contributed by atoms with Gasteiger partial charge in [0.15, 0.2) is 0 Å². The number of benzene rings is 10. The van der Waals surface area contributed by atoms with Crippen molar-refractivity contribution in [2.24, 2.45) is 4.99 Å². The summed E-state index contributed by atoms with van der Waals surface area (Å²) in [5.41, 5.74) is 21.4. The maximum absolute atomic E-state index is 9.06. The minimum absolute atomic E-state index is 0.402. The zero-order valence-electron chi connectivity index (χ0n) is 37.3. The number of para-hydroxylation sites is 3. The molecule has 2 aliphatic rings. The Morgan fingerprint density at radius 2 is 0.868 bits per heavy atom. The van der Waals surface area contributed by atoms with Crippen molar-refractivity contribution >= 4 is 34.7 Å². The SMILES string of the molecule is N=C(/C=C(\N=Cc1ccc(-c2ccccc2)cc1)c1ccc(-c2ccccc2-c2ccc3c(c2)C2(c4ccccc4-3)c3ccccc3N(c3ccccc3)c3ccccc32)cc1)c1ccccc1. The van der Waals surface area contributed by atoms with E-state index in [9.17, 15) is 0 Å². The average Bonchev–Trinajstić information content (AvgIpc) is 3.70. The molecule has 0 atom stereocenters. The Hall–Kier alpha value is -8.92. The predicted molar refractivity (Wildman–Crippen MR) is 284 cm³/mol. The van der Waals surface area contributed by atoms with Gasteiger partial charge in [-0.05, 0) is 114 Å². The zero-order chi connectivity index (χ0) is 45.4. The lowest BCUT2D eigenvalue weighted by atomic mass is 9.64. The first-order valence-electron chi connectivity index (χ1n) is 23.2. The Labute approximate surface area is 397 Å². The third kappa shape index (κ3) is 6.92. The maximum atomic E-state index is 9.06. The molecule has 1 aliphatic heterocycles. The third-order valence-corrected chi connectivity index (χ3v) is 13.6. The van der Waals surface area contributed by atoms with E-state index in [-0.39, 0.29) is 0 Å². The van der Waals surface area contributed by atoms with Crippen molar-refractivity contribution in [3.8, 4) is 44.5 Å². The molecule has 1 spiro atoms. The van der Waals surface area contributed by atoms with E-state index in [1.54, 1.807) is 0 Å². The molecule has 0 fully saturated rings. The number of hydrogen-bond donors (Lipinski definition) is 1. The highest BCUT2D eigenvalue weighted by Gasteiger charge is 2.51. The molecule has 0 unspecified atom stereocenters. The standard InChI is InChI=1S/C65H45N3/c66-61(49-20-6-2-7-21-49)43-62(67-44-45-32-34-47(35-33-45)46-18-4-1-5-19-46)50-38-36-48(37-39-50)53-24-10-11-25-54(53)51-40-41-56-55-26-12-13-27-57(55)65(60(56)42-51)58-28-14-16-30-63(58)68(52-22-8-3-9-23-52)64-31-17-15-29-59(64)65/h1-44,66H/b62-43-,66-61?,67-44?. The van der Waals surface area contributed by atoms with Crippen molar-refractivity contribution in [3.63, 3.8) is 0 Å². The molecule has 3 heteroatoms. The van der Waals surface area contributed by atoms with E-state index < -0.39 is 5.41 Å². The van der Waals surface area contributed by atoms with Gasteiger partial charge in [0.2, 0.25) is 0 Å². The first-order chi connectivity index (χ1) is 33.6. The molecule has 10 aromatic rings. The molecule has 0 saturated carbocycles. The summed E-state index contributed by atoms with van der Waals surface area (Å²) < 4.78 is 0. The normalized spacial score (nSPS) is 13.2. The molecule has 320 valence electrons. The molecule has 0 amide bonds. The second-order valence-electron chi connectivity index (χ2n) is 17.4. The lowest BCUT2D eigenvalue weighted by Gasteiger charge is -2.45. The van der Waals surface area contributed by atoms with E-state index in [1.165, 1.54) is 50.3 Å². The van der Waals surface area contributed by atoms with Gasteiger partial charge < -0.3 is 10.3 Å². The summed E-state index contributed by atoms with van der Waals surface area (Å²) in [6.07, 6.45) is 3.76. The Morgan fingerprint density at radius 1 is 0.382 bits per heavy atom. The first kappa shape index (κ1) is 40.6. The molecule has 1 heterocycles.